The molecular formula is C19H20F3NO3S. The Kier molecular flexibility index (Phi) is 5.99. The van der Waals surface area contributed by atoms with Gasteiger partial charge in [0.15, 0.2) is 9.84 Å². The minimum absolute atomic E-state index is 0.0176. The minimum atomic E-state index is -4.56. The largest absolute Gasteiger partial charge is 0.416 e. The number of halogens is 3. The third-order valence-corrected chi connectivity index (χ3v) is 6.20. The van der Waals surface area contributed by atoms with E-state index in [4.69, 9.17) is 0 Å². The van der Waals surface area contributed by atoms with Crippen LogP contribution in [0.5, 0.6) is 0 Å². The van der Waals surface area contributed by atoms with Crippen LogP contribution in [0.3, 0.4) is 0 Å². The van der Waals surface area contributed by atoms with Gasteiger partial charge in [-0.05, 0) is 44.0 Å². The molecule has 0 bridgehead atoms. The molecule has 0 radical (unpaired) electrons. The van der Waals surface area contributed by atoms with Crippen LogP contribution in [0.25, 0.3) is 0 Å². The number of hydrogen-bond donors (Lipinski definition) is 1. The second-order valence-corrected chi connectivity index (χ2v) is 8.78. The smallest absolute Gasteiger partial charge is 0.325 e. The minimum Gasteiger partial charge on any atom is -0.325 e. The fourth-order valence-corrected chi connectivity index (χ4v) is 3.83. The fraction of sp³-hybridized carbons (Fsp3) is 0.316. The summed E-state index contributed by atoms with van der Waals surface area (Å²) in [5.41, 5.74) is 1.33. The van der Waals surface area contributed by atoms with E-state index in [9.17, 15) is 26.4 Å². The predicted octanol–water partition coefficient (Wildman–Crippen LogP) is 4.26. The first-order chi connectivity index (χ1) is 12.4. The summed E-state index contributed by atoms with van der Waals surface area (Å²) in [6.07, 6.45) is -4.56. The summed E-state index contributed by atoms with van der Waals surface area (Å²) in [6, 6.07) is 9.39. The van der Waals surface area contributed by atoms with Crippen molar-refractivity contribution in [2.75, 3.05) is 5.32 Å². The van der Waals surface area contributed by atoms with Crippen LogP contribution >= 0.6 is 0 Å². The average molecular weight is 399 g/mol. The van der Waals surface area contributed by atoms with Crippen molar-refractivity contribution in [1.29, 1.82) is 0 Å². The van der Waals surface area contributed by atoms with E-state index in [-0.39, 0.29) is 5.56 Å². The molecule has 2 aromatic rings. The molecule has 0 saturated heterocycles. The number of benzene rings is 2. The summed E-state index contributed by atoms with van der Waals surface area (Å²) in [7, 11) is -4.00. The van der Waals surface area contributed by atoms with Gasteiger partial charge in [0.2, 0.25) is 5.91 Å². The summed E-state index contributed by atoms with van der Waals surface area (Å²) in [5.74, 6) is -1.38. The first kappa shape index (κ1) is 21.0. The molecule has 1 unspecified atom stereocenters. The van der Waals surface area contributed by atoms with Gasteiger partial charge >= 0.3 is 6.18 Å². The van der Waals surface area contributed by atoms with E-state index in [0.29, 0.717) is 5.69 Å². The Hall–Kier alpha value is -2.35. The Labute approximate surface area is 156 Å². The van der Waals surface area contributed by atoms with Crippen LogP contribution in [0.1, 0.15) is 29.2 Å². The van der Waals surface area contributed by atoms with Gasteiger partial charge in [0.25, 0.3) is 0 Å². The molecule has 2 rings (SSSR count). The lowest BCUT2D eigenvalue weighted by Gasteiger charge is -2.15. The van der Waals surface area contributed by atoms with E-state index in [0.717, 1.165) is 29.3 Å². The molecule has 4 nitrogen and oxygen atoms in total. The first-order valence-corrected chi connectivity index (χ1v) is 9.87. The Morgan fingerprint density at radius 1 is 1.11 bits per heavy atom. The first-order valence-electron chi connectivity index (χ1n) is 8.16. The van der Waals surface area contributed by atoms with Crippen LogP contribution < -0.4 is 5.32 Å². The van der Waals surface area contributed by atoms with Gasteiger partial charge < -0.3 is 5.32 Å². The number of alkyl halides is 3. The van der Waals surface area contributed by atoms with E-state index in [1.807, 2.05) is 13.0 Å². The Morgan fingerprint density at radius 2 is 1.78 bits per heavy atom. The highest BCUT2D eigenvalue weighted by molar-refractivity contribution is 7.92. The second kappa shape index (κ2) is 7.72. The summed E-state index contributed by atoms with van der Waals surface area (Å²) in [4.78, 5) is 12.3. The van der Waals surface area contributed by atoms with Gasteiger partial charge in [-0.15, -0.1) is 0 Å². The van der Waals surface area contributed by atoms with E-state index in [1.54, 1.807) is 19.1 Å². The number of hydrogen-bond acceptors (Lipinski definition) is 3. The maximum atomic E-state index is 12.8. The molecule has 146 valence electrons. The number of sulfone groups is 1. The number of amides is 1. The summed E-state index contributed by atoms with van der Waals surface area (Å²) < 4.78 is 63.3. The van der Waals surface area contributed by atoms with Crippen molar-refractivity contribution < 1.29 is 26.4 Å². The van der Waals surface area contributed by atoms with E-state index >= 15 is 0 Å². The molecule has 27 heavy (non-hydrogen) atoms. The Balaban J connectivity index is 2.17. The van der Waals surface area contributed by atoms with Crippen LogP contribution in [-0.4, -0.2) is 19.6 Å². The van der Waals surface area contributed by atoms with Crippen molar-refractivity contribution in [3.63, 3.8) is 0 Å². The van der Waals surface area contributed by atoms with Crippen LogP contribution in [0.15, 0.2) is 42.5 Å². The highest BCUT2D eigenvalue weighted by Gasteiger charge is 2.32. The number of carbonyl (C=O) groups is 1. The zero-order chi connectivity index (χ0) is 20.4. The number of aryl methyl sites for hydroxylation is 2. The van der Waals surface area contributed by atoms with Gasteiger partial charge in [-0.1, -0.05) is 35.9 Å². The van der Waals surface area contributed by atoms with Gasteiger partial charge in [0.05, 0.1) is 11.3 Å². The topological polar surface area (TPSA) is 63.2 Å². The van der Waals surface area contributed by atoms with E-state index in [2.05, 4.69) is 5.32 Å². The third kappa shape index (κ3) is 5.32. The number of rotatable bonds is 5. The lowest BCUT2D eigenvalue weighted by molar-refractivity contribution is -0.137. The number of carbonyl (C=O) groups excluding carboxylic acids is 1. The summed E-state index contributed by atoms with van der Waals surface area (Å²) in [6.45, 7) is 4.90. The van der Waals surface area contributed by atoms with Crippen LogP contribution in [0.2, 0.25) is 0 Å². The molecule has 1 atom stereocenters. The maximum absolute atomic E-state index is 12.8. The van der Waals surface area contributed by atoms with Gasteiger partial charge in [0.1, 0.15) is 5.25 Å². The van der Waals surface area contributed by atoms with Gasteiger partial charge in [-0.25, -0.2) is 8.42 Å². The molecule has 0 fully saturated rings. The summed E-state index contributed by atoms with van der Waals surface area (Å²) >= 11 is 0. The molecule has 1 amide bonds. The SMILES string of the molecule is Cc1ccc(NC(=O)C(C)S(=O)(=O)Cc2cccc(C(F)(F)F)c2)c(C)c1. The van der Waals surface area contributed by atoms with Gasteiger partial charge in [0, 0.05) is 5.69 Å². The number of nitrogens with one attached hydrogen (secondary N) is 1. The fourth-order valence-electron chi connectivity index (χ4n) is 2.55. The third-order valence-electron chi connectivity index (χ3n) is 4.17. The van der Waals surface area contributed by atoms with Crippen molar-refractivity contribution in [3.8, 4) is 0 Å². The molecule has 0 saturated carbocycles. The zero-order valence-corrected chi connectivity index (χ0v) is 15.9. The lowest BCUT2D eigenvalue weighted by Crippen LogP contribution is -2.33. The normalized spacial score (nSPS) is 13.3. The summed E-state index contributed by atoms with van der Waals surface area (Å²) in [5, 5.41) is 1.16. The van der Waals surface area contributed by atoms with Crippen molar-refractivity contribution in [1.82, 2.24) is 0 Å². The highest BCUT2D eigenvalue weighted by Crippen LogP contribution is 2.30. The molecule has 1 N–H and O–H groups in total. The van der Waals surface area contributed by atoms with E-state index < -0.39 is 38.5 Å². The van der Waals surface area contributed by atoms with Crippen molar-refractivity contribution in [2.24, 2.45) is 0 Å². The van der Waals surface area contributed by atoms with Crippen molar-refractivity contribution in [3.05, 3.63) is 64.7 Å². The molecule has 0 aliphatic heterocycles. The second-order valence-electron chi connectivity index (χ2n) is 6.46. The standard InChI is InChI=1S/C19H20F3NO3S/c1-12-7-8-17(13(2)9-12)23-18(24)14(3)27(25,26)11-15-5-4-6-16(10-15)19(20,21)22/h4-10,14H,11H2,1-3H3,(H,23,24). The molecule has 0 spiro atoms. The van der Waals surface area contributed by atoms with Gasteiger partial charge in [-0.3, -0.25) is 4.79 Å². The highest BCUT2D eigenvalue weighted by atomic mass is 32.2. The van der Waals surface area contributed by atoms with E-state index in [1.165, 1.54) is 13.0 Å². The molecule has 0 heterocycles. The van der Waals surface area contributed by atoms with Crippen molar-refractivity contribution in [2.45, 2.75) is 38.0 Å². The van der Waals surface area contributed by atoms with Crippen molar-refractivity contribution >= 4 is 21.4 Å². The van der Waals surface area contributed by atoms with Crippen LogP contribution in [-0.2, 0) is 26.6 Å². The zero-order valence-electron chi connectivity index (χ0n) is 15.1. The molecule has 0 aliphatic carbocycles. The average Bonchev–Trinajstić information content (AvgIpc) is 2.55. The number of anilines is 1. The van der Waals surface area contributed by atoms with Crippen LogP contribution in [0, 0.1) is 13.8 Å². The monoisotopic (exact) mass is 399 g/mol. The Bertz CT molecular complexity index is 953. The Morgan fingerprint density at radius 3 is 2.37 bits per heavy atom. The molecule has 2 aromatic carbocycles. The predicted molar refractivity (Wildman–Crippen MR) is 98.1 cm³/mol. The molecule has 0 aromatic heterocycles. The van der Waals surface area contributed by atoms with Crippen LogP contribution in [0.4, 0.5) is 18.9 Å². The molecular weight excluding hydrogens is 379 g/mol. The molecule has 8 heteroatoms. The quantitative estimate of drug-likeness (QED) is 0.817. The molecule has 0 aliphatic rings. The lowest BCUT2D eigenvalue weighted by atomic mass is 10.1. The maximum Gasteiger partial charge on any atom is 0.416 e. The van der Waals surface area contributed by atoms with Gasteiger partial charge in [-0.2, -0.15) is 13.2 Å².